The molecule has 98 valence electrons. The van der Waals surface area contributed by atoms with E-state index in [-0.39, 0.29) is 6.03 Å². The molecule has 2 aromatic rings. The maximum atomic E-state index is 11.8. The van der Waals surface area contributed by atoms with Gasteiger partial charge >= 0.3 is 6.03 Å². The molecule has 1 fully saturated rings. The summed E-state index contributed by atoms with van der Waals surface area (Å²) in [6, 6.07) is 3.57. The molecule has 0 saturated carbocycles. The van der Waals surface area contributed by atoms with Crippen molar-refractivity contribution >= 4 is 17.5 Å². The first-order chi connectivity index (χ1) is 9.33. The molecular weight excluding hydrogens is 242 g/mol. The van der Waals surface area contributed by atoms with Crippen LogP contribution in [0.25, 0.3) is 0 Å². The smallest absolute Gasteiger partial charge is 0.331 e. The van der Waals surface area contributed by atoms with Crippen LogP contribution in [-0.2, 0) is 0 Å². The van der Waals surface area contributed by atoms with Gasteiger partial charge < -0.3 is 10.2 Å². The van der Waals surface area contributed by atoms with Crippen molar-refractivity contribution < 1.29 is 4.79 Å². The Morgan fingerprint density at radius 2 is 2.11 bits per heavy atom. The Balaban J connectivity index is 1.67. The van der Waals surface area contributed by atoms with Crippen molar-refractivity contribution in [1.29, 1.82) is 0 Å². The lowest BCUT2D eigenvalue weighted by Crippen LogP contribution is -2.20. The third-order valence-electron chi connectivity index (χ3n) is 3.17. The highest BCUT2D eigenvalue weighted by atomic mass is 16.2. The zero-order valence-corrected chi connectivity index (χ0v) is 10.5. The highest BCUT2D eigenvalue weighted by Crippen LogP contribution is 2.19. The molecule has 1 saturated heterocycles. The molecule has 0 unspecified atom stereocenters. The van der Waals surface area contributed by atoms with Gasteiger partial charge in [-0.1, -0.05) is 0 Å². The summed E-state index contributed by atoms with van der Waals surface area (Å²) < 4.78 is 1.38. The summed E-state index contributed by atoms with van der Waals surface area (Å²) in [6.07, 6.45) is 8.75. The number of hydrogen-bond acceptors (Lipinski definition) is 4. The number of pyridine rings is 1. The summed E-state index contributed by atoms with van der Waals surface area (Å²) in [7, 11) is 0. The van der Waals surface area contributed by atoms with E-state index in [0.717, 1.165) is 18.9 Å². The molecule has 3 heterocycles. The lowest BCUT2D eigenvalue weighted by Gasteiger charge is -2.16. The van der Waals surface area contributed by atoms with Gasteiger partial charge in [0.2, 0.25) is 0 Å². The Kier molecular flexibility index (Phi) is 3.14. The van der Waals surface area contributed by atoms with E-state index >= 15 is 0 Å². The maximum Gasteiger partial charge on any atom is 0.331 e. The van der Waals surface area contributed by atoms with Gasteiger partial charge in [-0.15, -0.1) is 0 Å². The number of anilines is 2. The van der Waals surface area contributed by atoms with E-state index in [1.165, 1.54) is 23.7 Å². The number of aromatic nitrogens is 3. The quantitative estimate of drug-likeness (QED) is 0.893. The minimum Gasteiger partial charge on any atom is -0.357 e. The first kappa shape index (κ1) is 11.7. The molecule has 0 atom stereocenters. The molecule has 19 heavy (non-hydrogen) atoms. The summed E-state index contributed by atoms with van der Waals surface area (Å²) in [5, 5.41) is 2.77. The van der Waals surface area contributed by atoms with Crippen LogP contribution in [0.5, 0.6) is 0 Å². The number of nitrogens with zero attached hydrogens (tertiary/aromatic N) is 4. The van der Waals surface area contributed by atoms with Gasteiger partial charge in [0.1, 0.15) is 12.1 Å². The molecule has 1 aliphatic rings. The zero-order valence-electron chi connectivity index (χ0n) is 10.5. The number of hydrogen-bond donors (Lipinski definition) is 1. The van der Waals surface area contributed by atoms with Crippen LogP contribution in [0.3, 0.4) is 0 Å². The van der Waals surface area contributed by atoms with Gasteiger partial charge in [0.25, 0.3) is 0 Å². The Hall–Kier alpha value is -2.37. The Labute approximate surface area is 111 Å². The van der Waals surface area contributed by atoms with Crippen LogP contribution in [0.15, 0.2) is 37.1 Å². The van der Waals surface area contributed by atoms with Crippen LogP contribution in [0.4, 0.5) is 16.3 Å². The van der Waals surface area contributed by atoms with Gasteiger partial charge in [-0.05, 0) is 25.0 Å². The van der Waals surface area contributed by atoms with Crippen molar-refractivity contribution in [2.75, 3.05) is 23.3 Å². The molecule has 1 N–H and O–H groups in total. The number of imidazole rings is 1. The molecule has 0 spiro atoms. The Morgan fingerprint density at radius 1 is 1.26 bits per heavy atom. The summed E-state index contributed by atoms with van der Waals surface area (Å²) in [5.74, 6) is 0.970. The van der Waals surface area contributed by atoms with Crippen LogP contribution >= 0.6 is 0 Å². The number of carbonyl (C=O) groups excluding carboxylic acids is 1. The van der Waals surface area contributed by atoms with Gasteiger partial charge in [0.15, 0.2) is 0 Å². The average Bonchev–Trinajstić information content (AvgIpc) is 3.13. The van der Waals surface area contributed by atoms with E-state index in [2.05, 4.69) is 20.2 Å². The molecule has 1 aliphatic heterocycles. The predicted molar refractivity (Wildman–Crippen MR) is 72.3 cm³/mol. The summed E-state index contributed by atoms with van der Waals surface area (Å²) >= 11 is 0. The van der Waals surface area contributed by atoms with E-state index in [9.17, 15) is 4.79 Å². The second-order valence-corrected chi connectivity index (χ2v) is 4.50. The van der Waals surface area contributed by atoms with Crippen molar-refractivity contribution in [3.63, 3.8) is 0 Å². The largest absolute Gasteiger partial charge is 0.357 e. The van der Waals surface area contributed by atoms with Gasteiger partial charge in [0.05, 0.1) is 11.9 Å². The van der Waals surface area contributed by atoms with E-state index in [4.69, 9.17) is 0 Å². The fourth-order valence-corrected chi connectivity index (χ4v) is 2.16. The van der Waals surface area contributed by atoms with Crippen molar-refractivity contribution in [2.45, 2.75) is 12.8 Å². The topological polar surface area (TPSA) is 63.1 Å². The highest BCUT2D eigenvalue weighted by Gasteiger charge is 2.13. The number of carbonyl (C=O) groups is 1. The van der Waals surface area contributed by atoms with Gasteiger partial charge in [-0.2, -0.15) is 0 Å². The molecule has 1 amide bonds. The van der Waals surface area contributed by atoms with E-state index in [0.29, 0.717) is 5.69 Å². The average molecular weight is 257 g/mol. The molecule has 0 radical (unpaired) electrons. The van der Waals surface area contributed by atoms with Crippen molar-refractivity contribution in [3.05, 3.63) is 37.1 Å². The molecule has 0 aromatic carbocycles. The Morgan fingerprint density at radius 3 is 2.74 bits per heavy atom. The first-order valence-corrected chi connectivity index (χ1v) is 6.33. The number of rotatable bonds is 2. The molecule has 2 aromatic heterocycles. The van der Waals surface area contributed by atoms with E-state index in [1.807, 2.05) is 12.1 Å². The maximum absolute atomic E-state index is 11.8. The van der Waals surface area contributed by atoms with Crippen LogP contribution in [0.2, 0.25) is 0 Å². The minimum atomic E-state index is -0.242. The second kappa shape index (κ2) is 5.09. The molecule has 6 heteroatoms. The van der Waals surface area contributed by atoms with E-state index < -0.39 is 0 Å². The molecule has 0 bridgehead atoms. The summed E-state index contributed by atoms with van der Waals surface area (Å²) in [5.41, 5.74) is 0.682. The fourth-order valence-electron chi connectivity index (χ4n) is 2.16. The van der Waals surface area contributed by atoms with E-state index in [1.54, 1.807) is 18.6 Å². The molecule has 0 aliphatic carbocycles. The van der Waals surface area contributed by atoms with Crippen LogP contribution in [-0.4, -0.2) is 33.7 Å². The minimum absolute atomic E-state index is 0.242. The lowest BCUT2D eigenvalue weighted by molar-refractivity contribution is 0.253. The van der Waals surface area contributed by atoms with Crippen LogP contribution in [0, 0.1) is 0 Å². The molecule has 6 nitrogen and oxygen atoms in total. The lowest BCUT2D eigenvalue weighted by atomic mass is 10.4. The standard InChI is InChI=1S/C13H15N5O/c19-13(18-8-5-14-10-18)16-11-3-4-12(15-9-11)17-6-1-2-7-17/h3-5,8-10H,1-2,6-7H2,(H,16,19). The molecule has 3 rings (SSSR count). The van der Waals surface area contributed by atoms with Gasteiger partial charge in [0, 0.05) is 25.5 Å². The SMILES string of the molecule is O=C(Nc1ccc(N2CCCC2)nc1)n1ccnc1. The van der Waals surface area contributed by atoms with Crippen molar-refractivity contribution in [1.82, 2.24) is 14.5 Å². The summed E-state index contributed by atoms with van der Waals surface area (Å²) in [6.45, 7) is 2.13. The number of nitrogens with one attached hydrogen (secondary N) is 1. The second-order valence-electron chi connectivity index (χ2n) is 4.50. The zero-order chi connectivity index (χ0) is 13.1. The van der Waals surface area contributed by atoms with Gasteiger partial charge in [-0.3, -0.25) is 4.57 Å². The summed E-state index contributed by atoms with van der Waals surface area (Å²) in [4.78, 5) is 22.3. The third kappa shape index (κ3) is 2.57. The van der Waals surface area contributed by atoms with Crippen molar-refractivity contribution in [3.8, 4) is 0 Å². The predicted octanol–water partition coefficient (Wildman–Crippen LogP) is 1.96. The monoisotopic (exact) mass is 257 g/mol. The normalized spacial score (nSPS) is 14.6. The first-order valence-electron chi connectivity index (χ1n) is 6.33. The third-order valence-corrected chi connectivity index (χ3v) is 3.17. The number of amides is 1. The van der Waals surface area contributed by atoms with Gasteiger partial charge in [-0.25, -0.2) is 14.8 Å². The molecular formula is C13H15N5O. The highest BCUT2D eigenvalue weighted by molar-refractivity contribution is 5.90. The van der Waals surface area contributed by atoms with Crippen LogP contribution < -0.4 is 10.2 Å². The Bertz CT molecular complexity index is 543. The van der Waals surface area contributed by atoms with Crippen molar-refractivity contribution in [2.24, 2.45) is 0 Å². The fraction of sp³-hybridized carbons (Fsp3) is 0.308. The van der Waals surface area contributed by atoms with Crippen LogP contribution in [0.1, 0.15) is 12.8 Å².